The zero-order valence-corrected chi connectivity index (χ0v) is 10.6. The summed E-state index contributed by atoms with van der Waals surface area (Å²) in [4.78, 5) is 0. The van der Waals surface area contributed by atoms with Crippen LogP contribution in [0.1, 0.15) is 33.6 Å². The van der Waals surface area contributed by atoms with Gasteiger partial charge in [-0.1, -0.05) is 32.6 Å². The Bertz CT molecular complexity index is 296. The molecule has 0 aromatic rings. The molecule has 0 radical (unpaired) electrons. The molecular weight excluding hydrogens is 198 g/mol. The average Bonchev–Trinajstić information content (AvgIpc) is 2.14. The third-order valence-corrected chi connectivity index (χ3v) is 2.80. The van der Waals surface area contributed by atoms with Crippen LogP contribution in [0.5, 0.6) is 0 Å². The van der Waals surface area contributed by atoms with Crippen molar-refractivity contribution < 1.29 is 4.74 Å². The number of nitrogens with two attached hydrogens (primary N) is 1. The smallest absolute Gasteiger partial charge is 0.112 e. The van der Waals surface area contributed by atoms with Crippen LogP contribution in [0, 0.1) is 5.92 Å². The highest BCUT2D eigenvalue weighted by Gasteiger charge is 2.27. The van der Waals surface area contributed by atoms with Gasteiger partial charge in [0.25, 0.3) is 0 Å². The maximum atomic E-state index is 5.71. The van der Waals surface area contributed by atoms with Gasteiger partial charge in [0.15, 0.2) is 0 Å². The maximum Gasteiger partial charge on any atom is 0.112 e. The van der Waals surface area contributed by atoms with E-state index in [0.29, 0.717) is 12.0 Å². The van der Waals surface area contributed by atoms with E-state index in [4.69, 9.17) is 10.5 Å². The Morgan fingerprint density at radius 2 is 2.06 bits per heavy atom. The van der Waals surface area contributed by atoms with Crippen molar-refractivity contribution in [1.82, 2.24) is 0 Å². The summed E-state index contributed by atoms with van der Waals surface area (Å²) in [7, 11) is 0. The van der Waals surface area contributed by atoms with Gasteiger partial charge in [0.05, 0.1) is 0 Å². The van der Waals surface area contributed by atoms with Gasteiger partial charge in [0.2, 0.25) is 0 Å². The Balaban J connectivity index is 2.49. The molecule has 0 saturated heterocycles. The predicted octanol–water partition coefficient (Wildman–Crippen LogP) is 3.16. The lowest BCUT2D eigenvalue weighted by atomic mass is 9.90. The van der Waals surface area contributed by atoms with E-state index in [1.165, 1.54) is 5.57 Å². The van der Waals surface area contributed by atoms with Crippen LogP contribution < -0.4 is 5.73 Å². The van der Waals surface area contributed by atoms with Gasteiger partial charge in [-0.25, -0.2) is 0 Å². The van der Waals surface area contributed by atoms with Crippen molar-refractivity contribution in [2.75, 3.05) is 0 Å². The highest BCUT2D eigenvalue weighted by atomic mass is 16.5. The summed E-state index contributed by atoms with van der Waals surface area (Å²) in [5.41, 5.74) is 6.95. The van der Waals surface area contributed by atoms with Crippen LogP contribution in [0.3, 0.4) is 0 Å². The van der Waals surface area contributed by atoms with E-state index >= 15 is 0 Å². The minimum atomic E-state index is 0.276. The van der Waals surface area contributed by atoms with Crippen LogP contribution in [0.2, 0.25) is 0 Å². The topological polar surface area (TPSA) is 35.2 Å². The number of ether oxygens (including phenoxy) is 1. The second kappa shape index (κ2) is 5.90. The number of hydrogen-bond donors (Lipinski definition) is 1. The number of allylic oxidation sites excluding steroid dienone is 4. The van der Waals surface area contributed by atoms with E-state index in [1.54, 1.807) is 0 Å². The number of hydrogen-bond acceptors (Lipinski definition) is 2. The first-order valence-electron chi connectivity index (χ1n) is 5.98. The fraction of sp³-hybridized carbons (Fsp3) is 0.571. The van der Waals surface area contributed by atoms with Gasteiger partial charge in [-0.3, -0.25) is 0 Å². The van der Waals surface area contributed by atoms with E-state index < -0.39 is 0 Å². The average molecular weight is 221 g/mol. The monoisotopic (exact) mass is 221 g/mol. The summed E-state index contributed by atoms with van der Waals surface area (Å²) < 4.78 is 5.70. The van der Waals surface area contributed by atoms with Crippen molar-refractivity contribution in [2.45, 2.75) is 45.8 Å². The van der Waals surface area contributed by atoms with Gasteiger partial charge < -0.3 is 10.5 Å². The summed E-state index contributed by atoms with van der Waals surface area (Å²) in [5.74, 6) is 1.24. The first kappa shape index (κ1) is 13.0. The predicted molar refractivity (Wildman–Crippen MR) is 69.0 cm³/mol. The highest BCUT2D eigenvalue weighted by Crippen LogP contribution is 2.24. The van der Waals surface area contributed by atoms with Gasteiger partial charge in [0.1, 0.15) is 11.9 Å². The standard InChI is InChI=1S/C14H23NO/c1-5-6-12(10(2)3)7-11(4)16-14-8-13(15)9-14/h5-7,10,13-14H,4,8-9,15H2,1-3H3/b6-5-,12-7+/t13-,14+. The molecule has 2 N–H and O–H groups in total. The van der Waals surface area contributed by atoms with E-state index in [1.807, 2.05) is 19.1 Å². The van der Waals surface area contributed by atoms with Gasteiger partial charge in [-0.2, -0.15) is 0 Å². The lowest BCUT2D eigenvalue weighted by Crippen LogP contribution is -2.41. The molecule has 0 aliphatic heterocycles. The molecule has 0 aromatic heterocycles. The minimum Gasteiger partial charge on any atom is -0.491 e. The molecule has 1 aliphatic carbocycles. The Labute approximate surface area is 98.9 Å². The molecule has 0 atom stereocenters. The maximum absolute atomic E-state index is 5.71. The summed E-state index contributed by atoms with van der Waals surface area (Å²) in [6.07, 6.45) is 8.34. The number of rotatable bonds is 5. The van der Waals surface area contributed by atoms with Crippen LogP contribution in [0.4, 0.5) is 0 Å². The minimum absolute atomic E-state index is 0.276. The molecule has 0 spiro atoms. The molecule has 2 nitrogen and oxygen atoms in total. The van der Waals surface area contributed by atoms with Crippen LogP contribution in [0.25, 0.3) is 0 Å². The van der Waals surface area contributed by atoms with E-state index in [9.17, 15) is 0 Å². The van der Waals surface area contributed by atoms with Crippen molar-refractivity contribution in [3.05, 3.63) is 36.1 Å². The van der Waals surface area contributed by atoms with Crippen LogP contribution in [-0.2, 0) is 4.74 Å². The fourth-order valence-electron chi connectivity index (χ4n) is 1.74. The largest absolute Gasteiger partial charge is 0.491 e. The van der Waals surface area contributed by atoms with Gasteiger partial charge >= 0.3 is 0 Å². The molecule has 0 bridgehead atoms. The summed E-state index contributed by atoms with van der Waals surface area (Å²) in [6.45, 7) is 10.3. The van der Waals surface area contributed by atoms with Crippen molar-refractivity contribution in [2.24, 2.45) is 11.7 Å². The third kappa shape index (κ3) is 3.86. The zero-order valence-electron chi connectivity index (χ0n) is 10.6. The van der Waals surface area contributed by atoms with E-state index in [2.05, 4.69) is 26.5 Å². The molecule has 1 aliphatic rings. The normalized spacial score (nSPS) is 25.9. The molecule has 1 rings (SSSR count). The Hall–Kier alpha value is -1.02. The first-order valence-corrected chi connectivity index (χ1v) is 5.98. The molecule has 16 heavy (non-hydrogen) atoms. The molecule has 0 heterocycles. The Morgan fingerprint density at radius 3 is 2.50 bits per heavy atom. The van der Waals surface area contributed by atoms with Crippen molar-refractivity contribution >= 4 is 0 Å². The van der Waals surface area contributed by atoms with Gasteiger partial charge in [0, 0.05) is 6.04 Å². The summed E-state index contributed by atoms with van der Waals surface area (Å²) in [5, 5.41) is 0. The van der Waals surface area contributed by atoms with Crippen LogP contribution in [0.15, 0.2) is 36.1 Å². The quantitative estimate of drug-likeness (QED) is 0.571. The van der Waals surface area contributed by atoms with Crippen molar-refractivity contribution in [3.8, 4) is 0 Å². The summed E-state index contributed by atoms with van der Waals surface area (Å²) in [6, 6.07) is 0.321. The van der Waals surface area contributed by atoms with Crippen LogP contribution in [-0.4, -0.2) is 12.1 Å². The molecule has 0 unspecified atom stereocenters. The van der Waals surface area contributed by atoms with Gasteiger partial charge in [-0.15, -0.1) is 0 Å². The van der Waals surface area contributed by atoms with Crippen molar-refractivity contribution in [3.63, 3.8) is 0 Å². The zero-order chi connectivity index (χ0) is 12.1. The lowest BCUT2D eigenvalue weighted by Gasteiger charge is -2.32. The van der Waals surface area contributed by atoms with E-state index in [-0.39, 0.29) is 6.10 Å². The molecular formula is C14H23NO. The second-order valence-electron chi connectivity index (χ2n) is 4.74. The van der Waals surface area contributed by atoms with Crippen molar-refractivity contribution in [1.29, 1.82) is 0 Å². The molecule has 1 fully saturated rings. The molecule has 0 aromatic carbocycles. The SMILES string of the molecule is C=C(/C=C(\C=C/C)C(C)C)O[C@H]1C[C@@H](N)C1. The Kier molecular flexibility index (Phi) is 4.81. The van der Waals surface area contributed by atoms with Gasteiger partial charge in [-0.05, 0) is 37.3 Å². The first-order chi connectivity index (χ1) is 7.52. The summed E-state index contributed by atoms with van der Waals surface area (Å²) >= 11 is 0. The molecule has 90 valence electrons. The molecule has 2 heteroatoms. The fourth-order valence-corrected chi connectivity index (χ4v) is 1.74. The van der Waals surface area contributed by atoms with E-state index in [0.717, 1.165) is 18.6 Å². The Morgan fingerprint density at radius 1 is 1.44 bits per heavy atom. The molecule has 1 saturated carbocycles. The molecule has 0 amide bonds. The second-order valence-corrected chi connectivity index (χ2v) is 4.74. The third-order valence-electron chi connectivity index (χ3n) is 2.80. The lowest BCUT2D eigenvalue weighted by molar-refractivity contribution is 0.0452. The van der Waals surface area contributed by atoms with Crippen LogP contribution >= 0.6 is 0 Å². The highest BCUT2D eigenvalue weighted by molar-refractivity contribution is 5.27.